The Bertz CT molecular complexity index is 75.7. The molecule has 0 aliphatic carbocycles. The van der Waals surface area contributed by atoms with Crippen molar-refractivity contribution in [1.29, 1.82) is 0 Å². The predicted octanol–water partition coefficient (Wildman–Crippen LogP) is -1.24. The maximum atomic E-state index is 8.08. The lowest BCUT2D eigenvalue weighted by Crippen LogP contribution is -1.88. The molecule has 2 aliphatic heterocycles. The molecule has 2 heterocycles. The van der Waals surface area contributed by atoms with Gasteiger partial charge in [0, 0.05) is 0 Å². The van der Waals surface area contributed by atoms with Crippen LogP contribution in [-0.2, 0) is 9.47 Å². The average molecular weight is 148 g/mol. The Morgan fingerprint density at radius 1 is 1.00 bits per heavy atom. The molecule has 0 radical (unpaired) electrons. The fourth-order valence-electron chi connectivity index (χ4n) is 0.347. The zero-order chi connectivity index (χ0) is 7.40. The second kappa shape index (κ2) is 3.88. The highest BCUT2D eigenvalue weighted by atomic mass is 16.6. The maximum Gasteiger partial charge on any atom is 0.104 e. The standard InChI is InChI=1S/2C3H6O2/c2*4-1-3-2-5-3/h2*3-4H,1-2H2/t2*3-/m10/s1. The van der Waals surface area contributed by atoms with Crippen molar-refractivity contribution in [3.05, 3.63) is 0 Å². The summed E-state index contributed by atoms with van der Waals surface area (Å²) in [7, 11) is 0. The molecule has 0 unspecified atom stereocenters. The molecule has 0 bridgehead atoms. The van der Waals surface area contributed by atoms with Gasteiger partial charge in [-0.3, -0.25) is 0 Å². The van der Waals surface area contributed by atoms with Crippen LogP contribution in [0.1, 0.15) is 0 Å². The van der Waals surface area contributed by atoms with E-state index in [0.717, 1.165) is 13.2 Å². The Kier molecular flexibility index (Phi) is 3.08. The highest BCUT2D eigenvalue weighted by molar-refractivity contribution is 4.65. The summed E-state index contributed by atoms with van der Waals surface area (Å²) in [6, 6.07) is 0. The molecule has 60 valence electrons. The van der Waals surface area contributed by atoms with Crippen LogP contribution in [0.25, 0.3) is 0 Å². The molecular weight excluding hydrogens is 136 g/mol. The van der Waals surface area contributed by atoms with E-state index in [0.29, 0.717) is 0 Å². The molecule has 0 saturated carbocycles. The first-order chi connectivity index (χ1) is 4.86. The summed E-state index contributed by atoms with van der Waals surface area (Å²) >= 11 is 0. The molecule has 2 fully saturated rings. The second-order valence-electron chi connectivity index (χ2n) is 2.28. The van der Waals surface area contributed by atoms with Crippen LogP contribution in [0, 0.1) is 0 Å². The molecule has 0 spiro atoms. The van der Waals surface area contributed by atoms with E-state index >= 15 is 0 Å². The monoisotopic (exact) mass is 148 g/mol. The van der Waals surface area contributed by atoms with Crippen molar-refractivity contribution in [3.8, 4) is 0 Å². The van der Waals surface area contributed by atoms with Crippen LogP contribution < -0.4 is 0 Å². The van der Waals surface area contributed by atoms with Gasteiger partial charge in [-0.05, 0) is 0 Å². The predicted molar refractivity (Wildman–Crippen MR) is 33.7 cm³/mol. The topological polar surface area (TPSA) is 65.5 Å². The van der Waals surface area contributed by atoms with Crippen molar-refractivity contribution in [2.75, 3.05) is 26.4 Å². The van der Waals surface area contributed by atoms with Crippen LogP contribution in [0.5, 0.6) is 0 Å². The summed E-state index contributed by atoms with van der Waals surface area (Å²) in [5.74, 6) is 0. The van der Waals surface area contributed by atoms with Crippen molar-refractivity contribution in [1.82, 2.24) is 0 Å². The molecule has 0 aromatic rings. The van der Waals surface area contributed by atoms with Gasteiger partial charge in [0.15, 0.2) is 0 Å². The molecule has 2 N–H and O–H groups in total. The molecule has 4 heteroatoms. The van der Waals surface area contributed by atoms with E-state index in [1.165, 1.54) is 0 Å². The lowest BCUT2D eigenvalue weighted by Gasteiger charge is -1.70. The molecule has 0 aromatic heterocycles. The fraction of sp³-hybridized carbons (Fsp3) is 1.00. The Morgan fingerprint density at radius 2 is 1.30 bits per heavy atom. The summed E-state index contributed by atoms with van der Waals surface area (Å²) in [4.78, 5) is 0. The summed E-state index contributed by atoms with van der Waals surface area (Å²) in [5.41, 5.74) is 0. The van der Waals surface area contributed by atoms with Crippen molar-refractivity contribution in [2.45, 2.75) is 12.2 Å². The molecule has 0 aromatic carbocycles. The van der Waals surface area contributed by atoms with E-state index in [4.69, 9.17) is 10.2 Å². The molecular formula is C6H12O4. The average Bonchev–Trinajstić information content (AvgIpc) is 2.86. The van der Waals surface area contributed by atoms with Gasteiger partial charge >= 0.3 is 0 Å². The number of epoxide rings is 2. The van der Waals surface area contributed by atoms with Gasteiger partial charge in [0.25, 0.3) is 0 Å². The molecule has 2 rings (SSSR count). The third-order valence-electron chi connectivity index (χ3n) is 1.21. The van der Waals surface area contributed by atoms with Crippen molar-refractivity contribution < 1.29 is 19.7 Å². The van der Waals surface area contributed by atoms with Gasteiger partial charge in [-0.15, -0.1) is 0 Å². The van der Waals surface area contributed by atoms with E-state index in [-0.39, 0.29) is 25.4 Å². The molecule has 4 nitrogen and oxygen atoms in total. The lowest BCUT2D eigenvalue weighted by molar-refractivity contribution is 0.244. The van der Waals surface area contributed by atoms with E-state index in [1.807, 2.05) is 0 Å². The number of ether oxygens (including phenoxy) is 2. The summed E-state index contributed by atoms with van der Waals surface area (Å²) in [6.45, 7) is 1.91. The highest BCUT2D eigenvalue weighted by Crippen LogP contribution is 2.05. The SMILES string of the molecule is OC[C@@H]1CO1.OC[C@H]1CO1. The zero-order valence-corrected chi connectivity index (χ0v) is 5.69. The smallest absolute Gasteiger partial charge is 0.104 e. The quantitative estimate of drug-likeness (QED) is 0.480. The number of hydrogen-bond acceptors (Lipinski definition) is 4. The van der Waals surface area contributed by atoms with Gasteiger partial charge in [0.05, 0.1) is 26.4 Å². The minimum Gasteiger partial charge on any atom is -0.394 e. The van der Waals surface area contributed by atoms with E-state index in [9.17, 15) is 0 Å². The normalized spacial score (nSPS) is 34.2. The highest BCUT2D eigenvalue weighted by Gasteiger charge is 2.20. The Morgan fingerprint density at radius 3 is 1.30 bits per heavy atom. The van der Waals surface area contributed by atoms with E-state index in [2.05, 4.69) is 9.47 Å². The second-order valence-corrected chi connectivity index (χ2v) is 2.28. The minimum atomic E-state index is 0.190. The Balaban J connectivity index is 0.0000001000. The number of aliphatic hydroxyl groups is 2. The molecule has 10 heavy (non-hydrogen) atoms. The fourth-order valence-corrected chi connectivity index (χ4v) is 0.347. The van der Waals surface area contributed by atoms with Crippen LogP contribution in [0.15, 0.2) is 0 Å². The van der Waals surface area contributed by atoms with Crippen LogP contribution in [0.3, 0.4) is 0 Å². The first-order valence-corrected chi connectivity index (χ1v) is 3.31. The maximum absolute atomic E-state index is 8.08. The Hall–Kier alpha value is -0.160. The number of rotatable bonds is 2. The van der Waals surface area contributed by atoms with Crippen LogP contribution >= 0.6 is 0 Å². The number of aliphatic hydroxyl groups excluding tert-OH is 2. The zero-order valence-electron chi connectivity index (χ0n) is 5.69. The van der Waals surface area contributed by atoms with Gasteiger partial charge in [-0.2, -0.15) is 0 Å². The van der Waals surface area contributed by atoms with Gasteiger partial charge in [-0.1, -0.05) is 0 Å². The van der Waals surface area contributed by atoms with Crippen LogP contribution in [0.4, 0.5) is 0 Å². The van der Waals surface area contributed by atoms with Gasteiger partial charge in [0.1, 0.15) is 12.2 Å². The van der Waals surface area contributed by atoms with E-state index < -0.39 is 0 Å². The van der Waals surface area contributed by atoms with Gasteiger partial charge < -0.3 is 19.7 Å². The largest absolute Gasteiger partial charge is 0.394 e. The molecule has 0 amide bonds. The minimum absolute atomic E-state index is 0.190. The van der Waals surface area contributed by atoms with Crippen LogP contribution in [-0.4, -0.2) is 48.8 Å². The first-order valence-electron chi connectivity index (χ1n) is 3.31. The lowest BCUT2D eigenvalue weighted by atomic mass is 10.5. The first kappa shape index (κ1) is 7.94. The Labute approximate surface area is 59.4 Å². The van der Waals surface area contributed by atoms with Gasteiger partial charge in [0.2, 0.25) is 0 Å². The molecule has 2 aliphatic rings. The summed E-state index contributed by atoms with van der Waals surface area (Å²) in [5, 5.41) is 16.2. The van der Waals surface area contributed by atoms with Crippen molar-refractivity contribution >= 4 is 0 Å². The summed E-state index contributed by atoms with van der Waals surface area (Å²) in [6.07, 6.45) is 0.380. The third kappa shape index (κ3) is 3.79. The van der Waals surface area contributed by atoms with Crippen LogP contribution in [0.2, 0.25) is 0 Å². The van der Waals surface area contributed by atoms with Gasteiger partial charge in [-0.25, -0.2) is 0 Å². The van der Waals surface area contributed by atoms with Crippen molar-refractivity contribution in [2.24, 2.45) is 0 Å². The van der Waals surface area contributed by atoms with E-state index in [1.54, 1.807) is 0 Å². The number of hydrogen-bond donors (Lipinski definition) is 2. The summed E-state index contributed by atoms with van der Waals surface area (Å²) < 4.78 is 9.22. The molecule has 2 saturated heterocycles. The molecule has 2 atom stereocenters. The van der Waals surface area contributed by atoms with Crippen molar-refractivity contribution in [3.63, 3.8) is 0 Å². The third-order valence-corrected chi connectivity index (χ3v) is 1.21.